The number of aryl methyl sites for hydroxylation is 1. The molecule has 0 unspecified atom stereocenters. The van der Waals surface area contributed by atoms with E-state index in [1.54, 1.807) is 18.5 Å². The number of aromatic nitrogens is 3. The molecule has 2 aromatic heterocycles. The van der Waals surface area contributed by atoms with Crippen molar-refractivity contribution in [3.63, 3.8) is 0 Å². The Bertz CT molecular complexity index is 553. The number of carbonyl (C=O) groups is 1. The van der Waals surface area contributed by atoms with Crippen LogP contribution in [0.2, 0.25) is 5.02 Å². The van der Waals surface area contributed by atoms with E-state index in [1.807, 2.05) is 17.8 Å². The van der Waals surface area contributed by atoms with E-state index in [0.717, 1.165) is 5.82 Å². The lowest BCUT2D eigenvalue weighted by atomic mass is 10.2. The van der Waals surface area contributed by atoms with Gasteiger partial charge in [0, 0.05) is 44.8 Å². The van der Waals surface area contributed by atoms with Crippen LogP contribution in [0.3, 0.4) is 0 Å². The van der Waals surface area contributed by atoms with Crippen LogP contribution < -0.4 is 5.32 Å². The van der Waals surface area contributed by atoms with Gasteiger partial charge in [0.15, 0.2) is 0 Å². The standard InChI is InChI=1S/C12H13ClN4O/c1-17-7-6-15-11(17)3-5-16-12(18)9-8-14-4-2-10(9)13/h2,4,6-8H,3,5H2,1H3,(H,16,18). The Balaban J connectivity index is 1.90. The van der Waals surface area contributed by atoms with Crippen molar-refractivity contribution in [1.82, 2.24) is 19.9 Å². The number of hydrogen-bond donors (Lipinski definition) is 1. The zero-order chi connectivity index (χ0) is 13.0. The highest BCUT2D eigenvalue weighted by Crippen LogP contribution is 2.12. The van der Waals surface area contributed by atoms with E-state index in [2.05, 4.69) is 15.3 Å². The highest BCUT2D eigenvalue weighted by molar-refractivity contribution is 6.33. The summed E-state index contributed by atoms with van der Waals surface area (Å²) in [4.78, 5) is 19.9. The van der Waals surface area contributed by atoms with Crippen molar-refractivity contribution in [3.8, 4) is 0 Å². The number of nitrogens with one attached hydrogen (secondary N) is 1. The minimum absolute atomic E-state index is 0.220. The number of carbonyl (C=O) groups excluding carboxylic acids is 1. The first-order valence-electron chi connectivity index (χ1n) is 5.52. The third kappa shape index (κ3) is 2.87. The van der Waals surface area contributed by atoms with Gasteiger partial charge in [0.25, 0.3) is 5.91 Å². The van der Waals surface area contributed by atoms with Gasteiger partial charge in [-0.2, -0.15) is 0 Å². The fourth-order valence-corrected chi connectivity index (χ4v) is 1.76. The SMILES string of the molecule is Cn1ccnc1CCNC(=O)c1cnccc1Cl. The number of halogens is 1. The smallest absolute Gasteiger partial charge is 0.254 e. The van der Waals surface area contributed by atoms with Gasteiger partial charge in [-0.3, -0.25) is 9.78 Å². The van der Waals surface area contributed by atoms with Gasteiger partial charge in [-0.15, -0.1) is 0 Å². The molecule has 0 spiro atoms. The van der Waals surface area contributed by atoms with Crippen LogP contribution in [-0.2, 0) is 13.5 Å². The second-order valence-corrected chi connectivity index (χ2v) is 4.22. The molecule has 18 heavy (non-hydrogen) atoms. The van der Waals surface area contributed by atoms with Crippen LogP contribution in [0.1, 0.15) is 16.2 Å². The fourth-order valence-electron chi connectivity index (χ4n) is 1.57. The Morgan fingerprint density at radius 1 is 1.50 bits per heavy atom. The molecule has 0 aliphatic rings. The number of hydrogen-bond acceptors (Lipinski definition) is 3. The van der Waals surface area contributed by atoms with Crippen molar-refractivity contribution in [2.75, 3.05) is 6.54 Å². The molecule has 0 radical (unpaired) electrons. The lowest BCUT2D eigenvalue weighted by molar-refractivity contribution is 0.0953. The first kappa shape index (κ1) is 12.6. The zero-order valence-corrected chi connectivity index (χ0v) is 10.7. The summed E-state index contributed by atoms with van der Waals surface area (Å²) in [6.07, 6.45) is 7.28. The first-order chi connectivity index (χ1) is 8.68. The summed E-state index contributed by atoms with van der Waals surface area (Å²) in [5.41, 5.74) is 0.388. The number of imidazole rings is 1. The highest BCUT2D eigenvalue weighted by atomic mass is 35.5. The Morgan fingerprint density at radius 3 is 3.00 bits per heavy atom. The number of amides is 1. The summed E-state index contributed by atoms with van der Waals surface area (Å²) < 4.78 is 1.92. The van der Waals surface area contributed by atoms with E-state index < -0.39 is 0 Å². The molecule has 2 aromatic rings. The van der Waals surface area contributed by atoms with Crippen LogP contribution in [0.4, 0.5) is 0 Å². The van der Waals surface area contributed by atoms with Gasteiger partial charge in [-0.25, -0.2) is 4.98 Å². The predicted octanol–water partition coefficient (Wildman–Crippen LogP) is 1.44. The Morgan fingerprint density at radius 2 is 2.33 bits per heavy atom. The van der Waals surface area contributed by atoms with E-state index in [0.29, 0.717) is 23.6 Å². The van der Waals surface area contributed by atoms with Crippen LogP contribution >= 0.6 is 11.6 Å². The van der Waals surface area contributed by atoms with E-state index in [4.69, 9.17) is 11.6 Å². The average Bonchev–Trinajstić information content (AvgIpc) is 2.75. The fraction of sp³-hybridized carbons (Fsp3) is 0.250. The van der Waals surface area contributed by atoms with Crippen molar-refractivity contribution < 1.29 is 4.79 Å². The molecular weight excluding hydrogens is 252 g/mol. The van der Waals surface area contributed by atoms with Crippen molar-refractivity contribution in [1.29, 1.82) is 0 Å². The van der Waals surface area contributed by atoms with Crippen LogP contribution in [0.5, 0.6) is 0 Å². The molecule has 0 bridgehead atoms. The molecule has 1 N–H and O–H groups in total. The summed E-state index contributed by atoms with van der Waals surface area (Å²) in [7, 11) is 1.92. The number of nitrogens with zero attached hydrogens (tertiary/aromatic N) is 3. The Kier molecular flexibility index (Phi) is 3.94. The molecule has 2 heterocycles. The lowest BCUT2D eigenvalue weighted by Crippen LogP contribution is -2.26. The molecule has 1 amide bonds. The molecule has 0 aliphatic carbocycles. The zero-order valence-electron chi connectivity index (χ0n) is 9.93. The second-order valence-electron chi connectivity index (χ2n) is 3.82. The van der Waals surface area contributed by atoms with E-state index in [9.17, 15) is 4.79 Å². The molecule has 0 saturated carbocycles. The molecule has 0 saturated heterocycles. The quantitative estimate of drug-likeness (QED) is 0.909. The van der Waals surface area contributed by atoms with Crippen molar-refractivity contribution >= 4 is 17.5 Å². The monoisotopic (exact) mass is 264 g/mol. The van der Waals surface area contributed by atoms with Crippen LogP contribution in [0, 0.1) is 0 Å². The highest BCUT2D eigenvalue weighted by Gasteiger charge is 2.09. The third-order valence-electron chi connectivity index (χ3n) is 2.57. The number of rotatable bonds is 4. The van der Waals surface area contributed by atoms with Crippen molar-refractivity contribution in [3.05, 3.63) is 47.3 Å². The predicted molar refractivity (Wildman–Crippen MR) is 68.5 cm³/mol. The van der Waals surface area contributed by atoms with Crippen LogP contribution in [0.25, 0.3) is 0 Å². The van der Waals surface area contributed by atoms with E-state index in [-0.39, 0.29) is 5.91 Å². The molecular formula is C12H13ClN4O. The molecule has 6 heteroatoms. The van der Waals surface area contributed by atoms with Crippen LogP contribution in [0.15, 0.2) is 30.9 Å². The normalized spacial score (nSPS) is 10.3. The third-order valence-corrected chi connectivity index (χ3v) is 2.90. The lowest BCUT2D eigenvalue weighted by Gasteiger charge is -2.06. The summed E-state index contributed by atoms with van der Waals surface area (Å²) in [5.74, 6) is 0.704. The summed E-state index contributed by atoms with van der Waals surface area (Å²) >= 11 is 5.91. The molecule has 0 aliphatic heterocycles. The topological polar surface area (TPSA) is 59.8 Å². The number of pyridine rings is 1. The molecule has 0 fully saturated rings. The van der Waals surface area contributed by atoms with E-state index >= 15 is 0 Å². The van der Waals surface area contributed by atoms with Gasteiger partial charge in [0.2, 0.25) is 0 Å². The van der Waals surface area contributed by atoms with Gasteiger partial charge in [-0.1, -0.05) is 11.6 Å². The first-order valence-corrected chi connectivity index (χ1v) is 5.90. The van der Waals surface area contributed by atoms with Gasteiger partial charge in [0.05, 0.1) is 10.6 Å². The van der Waals surface area contributed by atoms with Gasteiger partial charge >= 0.3 is 0 Å². The maximum absolute atomic E-state index is 11.8. The maximum Gasteiger partial charge on any atom is 0.254 e. The summed E-state index contributed by atoms with van der Waals surface area (Å²) in [6, 6.07) is 1.59. The van der Waals surface area contributed by atoms with Gasteiger partial charge in [0.1, 0.15) is 5.82 Å². The van der Waals surface area contributed by atoms with Crippen LogP contribution in [-0.4, -0.2) is 27.0 Å². The van der Waals surface area contributed by atoms with Gasteiger partial charge in [-0.05, 0) is 6.07 Å². The van der Waals surface area contributed by atoms with E-state index in [1.165, 1.54) is 6.20 Å². The van der Waals surface area contributed by atoms with Crippen molar-refractivity contribution in [2.24, 2.45) is 7.05 Å². The minimum atomic E-state index is -0.220. The maximum atomic E-state index is 11.8. The summed E-state index contributed by atoms with van der Waals surface area (Å²) in [5, 5.41) is 3.19. The molecule has 0 aromatic carbocycles. The Hall–Kier alpha value is -1.88. The minimum Gasteiger partial charge on any atom is -0.351 e. The molecule has 94 valence electrons. The molecule has 2 rings (SSSR count). The van der Waals surface area contributed by atoms with Crippen molar-refractivity contribution in [2.45, 2.75) is 6.42 Å². The summed E-state index contributed by atoms with van der Waals surface area (Å²) in [6.45, 7) is 0.509. The Labute approximate surface area is 110 Å². The average molecular weight is 265 g/mol. The largest absolute Gasteiger partial charge is 0.351 e. The molecule has 0 atom stereocenters. The molecule has 5 nitrogen and oxygen atoms in total. The second kappa shape index (κ2) is 5.64. The van der Waals surface area contributed by atoms with Gasteiger partial charge < -0.3 is 9.88 Å².